The van der Waals surface area contributed by atoms with E-state index in [0.29, 0.717) is 13.2 Å². The minimum atomic E-state index is -0.349. The Morgan fingerprint density at radius 2 is 1.47 bits per heavy atom. The summed E-state index contributed by atoms with van der Waals surface area (Å²) in [7, 11) is 0. The molecule has 0 saturated heterocycles. The maximum atomic E-state index is 12.2. The zero-order chi connectivity index (χ0) is 14.4. The molecule has 1 aliphatic carbocycles. The second-order valence-corrected chi connectivity index (χ2v) is 5.28. The molecule has 4 unspecified atom stereocenters. The van der Waals surface area contributed by atoms with Crippen LogP contribution < -0.4 is 0 Å². The van der Waals surface area contributed by atoms with Crippen LogP contribution in [0.3, 0.4) is 0 Å². The van der Waals surface area contributed by atoms with Crippen LogP contribution in [0.4, 0.5) is 0 Å². The average molecular weight is 270 g/mol. The Bertz CT molecular complexity index is 313. The molecule has 4 nitrogen and oxygen atoms in total. The second kappa shape index (κ2) is 7.51. The van der Waals surface area contributed by atoms with Crippen LogP contribution in [-0.2, 0) is 19.1 Å². The highest BCUT2D eigenvalue weighted by molar-refractivity contribution is 5.82. The normalized spacial score (nSPS) is 30.7. The monoisotopic (exact) mass is 270 g/mol. The van der Waals surface area contributed by atoms with Gasteiger partial charge in [0.15, 0.2) is 0 Å². The van der Waals surface area contributed by atoms with Crippen molar-refractivity contribution >= 4 is 11.9 Å². The van der Waals surface area contributed by atoms with Crippen LogP contribution in [-0.4, -0.2) is 25.2 Å². The quantitative estimate of drug-likeness (QED) is 0.721. The molecule has 4 heteroatoms. The maximum Gasteiger partial charge on any atom is 0.310 e. The van der Waals surface area contributed by atoms with E-state index in [4.69, 9.17) is 9.47 Å². The summed E-state index contributed by atoms with van der Waals surface area (Å²) in [6.07, 6.45) is 2.85. The predicted molar refractivity (Wildman–Crippen MR) is 72.4 cm³/mol. The number of ether oxygens (including phenoxy) is 2. The summed E-state index contributed by atoms with van der Waals surface area (Å²) in [5, 5.41) is 0. The van der Waals surface area contributed by atoms with Gasteiger partial charge in [-0.05, 0) is 38.5 Å². The van der Waals surface area contributed by atoms with Crippen LogP contribution in [0.2, 0.25) is 0 Å². The Labute approximate surface area is 115 Å². The molecule has 4 atom stereocenters. The number of rotatable bonds is 5. The Kier molecular flexibility index (Phi) is 6.32. The first-order valence-electron chi connectivity index (χ1n) is 7.39. The van der Waals surface area contributed by atoms with Gasteiger partial charge in [0, 0.05) is 0 Å². The first kappa shape index (κ1) is 16.0. The lowest BCUT2D eigenvalue weighted by molar-refractivity contribution is -0.168. The first-order chi connectivity index (χ1) is 9.06. The second-order valence-electron chi connectivity index (χ2n) is 5.28. The Morgan fingerprint density at radius 3 is 1.95 bits per heavy atom. The molecule has 0 aromatic carbocycles. The molecule has 1 aliphatic rings. The van der Waals surface area contributed by atoms with E-state index in [1.54, 1.807) is 13.8 Å². The number of esters is 2. The lowest BCUT2D eigenvalue weighted by Crippen LogP contribution is -2.44. The SMILES string of the molecule is CCOC(=O)C1C(C)CCC(CC)C1C(=O)OCC. The Balaban J connectivity index is 2.96. The summed E-state index contributed by atoms with van der Waals surface area (Å²) in [4.78, 5) is 24.4. The number of carbonyl (C=O) groups is 2. The predicted octanol–water partition coefficient (Wildman–Crippen LogP) is 2.80. The standard InChI is InChI=1S/C15H26O4/c1-5-11-9-8-10(4)12(14(16)18-6-2)13(11)15(17)19-7-3/h10-13H,5-9H2,1-4H3. The zero-order valence-electron chi connectivity index (χ0n) is 12.5. The summed E-state index contributed by atoms with van der Waals surface area (Å²) in [5.41, 5.74) is 0. The van der Waals surface area contributed by atoms with Crippen LogP contribution in [0, 0.1) is 23.7 Å². The van der Waals surface area contributed by atoms with Gasteiger partial charge in [-0.3, -0.25) is 9.59 Å². The summed E-state index contributed by atoms with van der Waals surface area (Å²) in [5.74, 6) is -0.767. The van der Waals surface area contributed by atoms with Gasteiger partial charge in [-0.2, -0.15) is 0 Å². The Hall–Kier alpha value is -1.06. The summed E-state index contributed by atoms with van der Waals surface area (Å²) < 4.78 is 10.3. The molecule has 110 valence electrons. The van der Waals surface area contributed by atoms with Gasteiger partial charge in [-0.15, -0.1) is 0 Å². The van der Waals surface area contributed by atoms with Crippen molar-refractivity contribution in [3.05, 3.63) is 0 Å². The molecule has 0 N–H and O–H groups in total. The molecule has 0 heterocycles. The molecule has 0 radical (unpaired) electrons. The zero-order valence-corrected chi connectivity index (χ0v) is 12.5. The van der Waals surface area contributed by atoms with Crippen molar-refractivity contribution in [1.29, 1.82) is 0 Å². The third-order valence-corrected chi connectivity index (χ3v) is 4.14. The van der Waals surface area contributed by atoms with E-state index >= 15 is 0 Å². The van der Waals surface area contributed by atoms with Crippen molar-refractivity contribution in [1.82, 2.24) is 0 Å². The largest absolute Gasteiger partial charge is 0.466 e. The van der Waals surface area contributed by atoms with Gasteiger partial charge in [0.25, 0.3) is 0 Å². The van der Waals surface area contributed by atoms with Crippen molar-refractivity contribution in [2.75, 3.05) is 13.2 Å². The molecule has 1 rings (SSSR count). The molecule has 0 aromatic rings. The van der Waals surface area contributed by atoms with Crippen LogP contribution in [0.15, 0.2) is 0 Å². The van der Waals surface area contributed by atoms with E-state index in [1.165, 1.54) is 0 Å². The van der Waals surface area contributed by atoms with Crippen LogP contribution in [0.1, 0.15) is 47.0 Å². The number of hydrogen-bond donors (Lipinski definition) is 0. The van der Waals surface area contributed by atoms with E-state index in [2.05, 4.69) is 6.92 Å². The van der Waals surface area contributed by atoms with Crippen molar-refractivity contribution in [2.24, 2.45) is 23.7 Å². The number of hydrogen-bond acceptors (Lipinski definition) is 4. The van der Waals surface area contributed by atoms with Gasteiger partial charge < -0.3 is 9.47 Å². The topological polar surface area (TPSA) is 52.6 Å². The molecule has 1 fully saturated rings. The molecule has 0 bridgehead atoms. The average Bonchev–Trinajstić information content (AvgIpc) is 2.38. The van der Waals surface area contributed by atoms with Gasteiger partial charge in [0.1, 0.15) is 0 Å². The fourth-order valence-corrected chi connectivity index (χ4v) is 3.14. The molecule has 0 aromatic heterocycles. The summed E-state index contributed by atoms with van der Waals surface area (Å²) in [6.45, 7) is 8.39. The molecule has 0 aliphatic heterocycles. The van der Waals surface area contributed by atoms with Crippen molar-refractivity contribution in [2.45, 2.75) is 47.0 Å². The van der Waals surface area contributed by atoms with Crippen molar-refractivity contribution < 1.29 is 19.1 Å². The minimum absolute atomic E-state index is 0.177. The first-order valence-corrected chi connectivity index (χ1v) is 7.39. The molecule has 0 amide bonds. The van der Waals surface area contributed by atoms with E-state index in [9.17, 15) is 9.59 Å². The highest BCUT2D eigenvalue weighted by Gasteiger charge is 2.46. The fourth-order valence-electron chi connectivity index (χ4n) is 3.14. The molecule has 1 saturated carbocycles. The summed E-state index contributed by atoms with van der Waals surface area (Å²) >= 11 is 0. The molecule has 19 heavy (non-hydrogen) atoms. The lowest BCUT2D eigenvalue weighted by atomic mass is 9.66. The number of carbonyl (C=O) groups excluding carboxylic acids is 2. The molecular weight excluding hydrogens is 244 g/mol. The van der Waals surface area contributed by atoms with E-state index in [1.807, 2.05) is 6.92 Å². The third kappa shape index (κ3) is 3.71. The van der Waals surface area contributed by atoms with E-state index in [0.717, 1.165) is 19.3 Å². The third-order valence-electron chi connectivity index (χ3n) is 4.14. The summed E-state index contributed by atoms with van der Waals surface area (Å²) in [6, 6.07) is 0. The van der Waals surface area contributed by atoms with Crippen molar-refractivity contribution in [3.63, 3.8) is 0 Å². The van der Waals surface area contributed by atoms with Crippen LogP contribution in [0.5, 0.6) is 0 Å². The van der Waals surface area contributed by atoms with Crippen molar-refractivity contribution in [3.8, 4) is 0 Å². The highest BCUT2D eigenvalue weighted by Crippen LogP contribution is 2.41. The van der Waals surface area contributed by atoms with Crippen LogP contribution in [0.25, 0.3) is 0 Å². The van der Waals surface area contributed by atoms with Gasteiger partial charge in [-0.1, -0.05) is 20.3 Å². The van der Waals surface area contributed by atoms with E-state index < -0.39 is 0 Å². The van der Waals surface area contributed by atoms with Gasteiger partial charge in [-0.25, -0.2) is 0 Å². The van der Waals surface area contributed by atoms with Gasteiger partial charge in [0.2, 0.25) is 0 Å². The molecule has 0 spiro atoms. The smallest absolute Gasteiger partial charge is 0.310 e. The fraction of sp³-hybridized carbons (Fsp3) is 0.867. The van der Waals surface area contributed by atoms with Gasteiger partial charge >= 0.3 is 11.9 Å². The molecular formula is C15H26O4. The minimum Gasteiger partial charge on any atom is -0.466 e. The van der Waals surface area contributed by atoms with Gasteiger partial charge in [0.05, 0.1) is 25.0 Å². The highest BCUT2D eigenvalue weighted by atomic mass is 16.5. The van der Waals surface area contributed by atoms with E-state index in [-0.39, 0.29) is 35.6 Å². The lowest BCUT2D eigenvalue weighted by Gasteiger charge is -2.38. The van der Waals surface area contributed by atoms with Crippen LogP contribution >= 0.6 is 0 Å². The Morgan fingerprint density at radius 1 is 0.947 bits per heavy atom. The maximum absolute atomic E-state index is 12.2.